The van der Waals surface area contributed by atoms with Gasteiger partial charge in [0.15, 0.2) is 0 Å². The summed E-state index contributed by atoms with van der Waals surface area (Å²) in [5, 5.41) is 3.40. The molecule has 1 N–H and O–H groups in total. The molecule has 0 aromatic carbocycles. The average Bonchev–Trinajstić information content (AvgIpc) is 2.06. The lowest BCUT2D eigenvalue weighted by Gasteiger charge is -2.42. The number of hydrogen-bond acceptors (Lipinski definition) is 2. The Balaban J connectivity index is 2.08. The summed E-state index contributed by atoms with van der Waals surface area (Å²) in [7, 11) is 0. The molecule has 2 saturated heterocycles. The van der Waals surface area contributed by atoms with Gasteiger partial charge in [-0.2, -0.15) is 0 Å². The molecule has 62 valence electrons. The molecule has 3 aliphatic rings. The Kier molecular flexibility index (Phi) is 1.72. The van der Waals surface area contributed by atoms with E-state index in [1.165, 1.54) is 25.7 Å². The Morgan fingerprint density at radius 3 is 2.18 bits per heavy atom. The fourth-order valence-electron chi connectivity index (χ4n) is 2.46. The third-order valence-electron chi connectivity index (χ3n) is 3.10. The molecular formula is C9H15NO. The van der Waals surface area contributed by atoms with E-state index in [9.17, 15) is 4.79 Å². The molecule has 0 aromatic heterocycles. The molecule has 3 rings (SSSR count). The van der Waals surface area contributed by atoms with Crippen molar-refractivity contribution in [3.8, 4) is 0 Å². The van der Waals surface area contributed by atoms with Gasteiger partial charge >= 0.3 is 0 Å². The molecule has 0 amide bonds. The third kappa shape index (κ3) is 1.20. The number of ketones is 1. The van der Waals surface area contributed by atoms with Crippen LogP contribution in [0.15, 0.2) is 0 Å². The summed E-state index contributed by atoms with van der Waals surface area (Å²) in [5.74, 6) is 0.983. The first kappa shape index (κ1) is 7.29. The van der Waals surface area contributed by atoms with Gasteiger partial charge in [0.1, 0.15) is 5.78 Å². The zero-order valence-electron chi connectivity index (χ0n) is 6.97. The van der Waals surface area contributed by atoms with Crippen molar-refractivity contribution < 1.29 is 4.79 Å². The van der Waals surface area contributed by atoms with E-state index in [4.69, 9.17) is 0 Å². The van der Waals surface area contributed by atoms with Crippen LogP contribution in [0.25, 0.3) is 0 Å². The lowest BCUT2D eigenvalue weighted by Crippen LogP contribution is -2.55. The summed E-state index contributed by atoms with van der Waals surface area (Å²) >= 11 is 0. The van der Waals surface area contributed by atoms with Crippen LogP contribution < -0.4 is 5.32 Å². The molecule has 3 fully saturated rings. The first-order valence-corrected chi connectivity index (χ1v) is 4.54. The quantitative estimate of drug-likeness (QED) is 0.611. The van der Waals surface area contributed by atoms with E-state index in [2.05, 4.69) is 5.32 Å². The number of fused-ring (bicyclic) bond motifs is 3. The van der Waals surface area contributed by atoms with Gasteiger partial charge in [-0.05, 0) is 38.5 Å². The number of carbonyl (C=O) groups excluding carboxylic acids is 1. The summed E-state index contributed by atoms with van der Waals surface area (Å²) in [5.41, 5.74) is 0. The molecule has 11 heavy (non-hydrogen) atoms. The second-order valence-electron chi connectivity index (χ2n) is 3.87. The highest BCUT2D eigenvalue weighted by molar-refractivity contribution is 5.82. The molecule has 2 heteroatoms. The van der Waals surface area contributed by atoms with Crippen LogP contribution in [0.1, 0.15) is 32.6 Å². The minimum Gasteiger partial charge on any atom is -0.304 e. The Morgan fingerprint density at radius 2 is 1.91 bits per heavy atom. The van der Waals surface area contributed by atoms with E-state index < -0.39 is 0 Å². The first-order chi connectivity index (χ1) is 5.27. The number of piperidine rings is 2. The molecule has 0 aromatic rings. The Labute approximate surface area is 67.4 Å². The molecule has 2 nitrogen and oxygen atoms in total. The summed E-state index contributed by atoms with van der Waals surface area (Å²) < 4.78 is 0. The van der Waals surface area contributed by atoms with Gasteiger partial charge < -0.3 is 5.32 Å². The molecule has 1 saturated carbocycles. The molecule has 1 atom stereocenters. The van der Waals surface area contributed by atoms with E-state index in [0.717, 1.165) is 0 Å². The SMILES string of the molecule is CC(=O)C1NC2CCC1CC2. The molecule has 0 spiro atoms. The zero-order valence-corrected chi connectivity index (χ0v) is 6.97. The van der Waals surface area contributed by atoms with Crippen LogP contribution in [-0.2, 0) is 4.79 Å². The highest BCUT2D eigenvalue weighted by Gasteiger charge is 2.36. The molecule has 1 unspecified atom stereocenters. The maximum atomic E-state index is 11.1. The molecule has 2 aliphatic heterocycles. The maximum Gasteiger partial charge on any atom is 0.146 e. The monoisotopic (exact) mass is 153 g/mol. The normalized spacial score (nSPS) is 42.5. The van der Waals surface area contributed by atoms with Gasteiger partial charge in [-0.1, -0.05) is 0 Å². The van der Waals surface area contributed by atoms with Gasteiger partial charge in [0.2, 0.25) is 0 Å². The van der Waals surface area contributed by atoms with Crippen molar-refractivity contribution in [1.29, 1.82) is 0 Å². The molecular weight excluding hydrogens is 138 g/mol. The average molecular weight is 153 g/mol. The number of Topliss-reactive ketones (excluding diaryl/α,β-unsaturated/α-hetero) is 1. The summed E-state index contributed by atoms with van der Waals surface area (Å²) in [6, 6.07) is 0.844. The minimum atomic E-state index is 0.197. The predicted molar refractivity (Wildman–Crippen MR) is 43.4 cm³/mol. The summed E-state index contributed by atoms with van der Waals surface area (Å²) in [6.07, 6.45) is 5.10. The Hall–Kier alpha value is -0.370. The van der Waals surface area contributed by atoms with Crippen LogP contribution in [0, 0.1) is 5.92 Å². The van der Waals surface area contributed by atoms with Gasteiger partial charge in [0.25, 0.3) is 0 Å². The third-order valence-corrected chi connectivity index (χ3v) is 3.10. The number of carbonyl (C=O) groups is 1. The van der Waals surface area contributed by atoms with Gasteiger partial charge in [-0.3, -0.25) is 4.79 Å². The summed E-state index contributed by atoms with van der Waals surface area (Å²) in [4.78, 5) is 11.1. The molecule has 1 aliphatic carbocycles. The van der Waals surface area contributed by atoms with Crippen molar-refractivity contribution in [2.45, 2.75) is 44.7 Å². The number of rotatable bonds is 1. The summed E-state index contributed by atoms with van der Waals surface area (Å²) in [6.45, 7) is 1.71. The fraction of sp³-hybridized carbons (Fsp3) is 0.889. The van der Waals surface area contributed by atoms with Gasteiger partial charge in [-0.15, -0.1) is 0 Å². The van der Waals surface area contributed by atoms with E-state index in [1.807, 2.05) is 0 Å². The smallest absolute Gasteiger partial charge is 0.146 e. The van der Waals surface area contributed by atoms with Crippen LogP contribution >= 0.6 is 0 Å². The largest absolute Gasteiger partial charge is 0.304 e. The fourth-order valence-corrected chi connectivity index (χ4v) is 2.46. The van der Waals surface area contributed by atoms with Crippen LogP contribution in [0.3, 0.4) is 0 Å². The number of nitrogens with one attached hydrogen (secondary N) is 1. The van der Waals surface area contributed by atoms with Crippen LogP contribution in [0.2, 0.25) is 0 Å². The maximum absolute atomic E-state index is 11.1. The predicted octanol–water partition coefficient (Wildman–Crippen LogP) is 1.11. The second-order valence-corrected chi connectivity index (χ2v) is 3.87. The molecule has 2 heterocycles. The van der Waals surface area contributed by atoms with E-state index >= 15 is 0 Å². The van der Waals surface area contributed by atoms with E-state index in [-0.39, 0.29) is 6.04 Å². The van der Waals surface area contributed by atoms with Crippen molar-refractivity contribution in [3.05, 3.63) is 0 Å². The minimum absolute atomic E-state index is 0.197. The topological polar surface area (TPSA) is 29.1 Å². The lowest BCUT2D eigenvalue weighted by atomic mass is 9.75. The van der Waals surface area contributed by atoms with Crippen LogP contribution in [0.4, 0.5) is 0 Å². The van der Waals surface area contributed by atoms with Crippen molar-refractivity contribution in [2.24, 2.45) is 5.92 Å². The van der Waals surface area contributed by atoms with Crippen molar-refractivity contribution in [2.75, 3.05) is 0 Å². The van der Waals surface area contributed by atoms with E-state index in [1.54, 1.807) is 6.92 Å². The van der Waals surface area contributed by atoms with Crippen molar-refractivity contribution >= 4 is 5.78 Å². The zero-order chi connectivity index (χ0) is 7.84. The van der Waals surface area contributed by atoms with Crippen molar-refractivity contribution in [1.82, 2.24) is 5.32 Å². The Bertz CT molecular complexity index is 170. The lowest BCUT2D eigenvalue weighted by molar-refractivity contribution is -0.122. The van der Waals surface area contributed by atoms with Gasteiger partial charge in [-0.25, -0.2) is 0 Å². The Morgan fingerprint density at radius 1 is 1.27 bits per heavy atom. The molecule has 2 bridgehead atoms. The highest BCUT2D eigenvalue weighted by Crippen LogP contribution is 2.33. The molecule has 0 radical (unpaired) electrons. The standard InChI is InChI=1S/C9H15NO/c1-6(11)9-7-2-4-8(10-9)5-3-7/h7-10H,2-5H2,1H3. The van der Waals surface area contributed by atoms with Gasteiger partial charge in [0, 0.05) is 6.04 Å². The second kappa shape index (κ2) is 2.59. The van der Waals surface area contributed by atoms with Crippen LogP contribution in [-0.4, -0.2) is 17.9 Å². The highest BCUT2D eigenvalue weighted by atomic mass is 16.1. The van der Waals surface area contributed by atoms with Crippen molar-refractivity contribution in [3.63, 3.8) is 0 Å². The first-order valence-electron chi connectivity index (χ1n) is 4.54. The van der Waals surface area contributed by atoms with Crippen LogP contribution in [0.5, 0.6) is 0 Å². The number of hydrogen-bond donors (Lipinski definition) is 1. The van der Waals surface area contributed by atoms with Gasteiger partial charge in [0.05, 0.1) is 6.04 Å². The van der Waals surface area contributed by atoms with E-state index in [0.29, 0.717) is 17.7 Å².